The van der Waals surface area contributed by atoms with Crippen LogP contribution in [-0.4, -0.2) is 17.0 Å². The number of carboxylic acids is 1. The van der Waals surface area contributed by atoms with Crippen LogP contribution in [0.5, 0.6) is 0 Å². The second-order valence-corrected chi connectivity index (χ2v) is 6.09. The number of nitrogens with one attached hydrogen (secondary N) is 1. The Labute approximate surface area is 140 Å². The standard InChI is InChI=1S/C19H20FNO3/c1-12-4-5-13(2)14(10-12)11-17(22)21-19(3,18(23)24)15-6-8-16(20)9-7-15/h4-10H,11H2,1-3H3,(H,21,22)(H,23,24). The number of rotatable bonds is 5. The number of carbonyl (C=O) groups excluding carboxylic acids is 1. The second kappa shape index (κ2) is 6.83. The van der Waals surface area contributed by atoms with Crippen molar-refractivity contribution in [2.75, 3.05) is 0 Å². The first-order chi connectivity index (χ1) is 11.2. The highest BCUT2D eigenvalue weighted by atomic mass is 19.1. The molecule has 2 aromatic carbocycles. The quantitative estimate of drug-likeness (QED) is 0.886. The molecule has 0 saturated carbocycles. The number of carboxylic acid groups (broad SMARTS) is 1. The van der Waals surface area contributed by atoms with Gasteiger partial charge in [-0.3, -0.25) is 4.79 Å². The van der Waals surface area contributed by atoms with Crippen LogP contribution in [0.4, 0.5) is 4.39 Å². The Morgan fingerprint density at radius 3 is 2.33 bits per heavy atom. The lowest BCUT2D eigenvalue weighted by atomic mass is 9.91. The SMILES string of the molecule is Cc1ccc(C)c(CC(=O)NC(C)(C(=O)O)c2ccc(F)cc2)c1. The molecule has 1 atom stereocenters. The summed E-state index contributed by atoms with van der Waals surface area (Å²) in [5, 5.41) is 12.1. The Hall–Kier alpha value is -2.69. The van der Waals surface area contributed by atoms with E-state index >= 15 is 0 Å². The molecule has 1 amide bonds. The van der Waals surface area contributed by atoms with Crippen LogP contribution < -0.4 is 5.32 Å². The first-order valence-electron chi connectivity index (χ1n) is 7.59. The van der Waals surface area contributed by atoms with E-state index in [0.29, 0.717) is 5.56 Å². The maximum absolute atomic E-state index is 13.1. The van der Waals surface area contributed by atoms with Crippen LogP contribution in [0.3, 0.4) is 0 Å². The van der Waals surface area contributed by atoms with Crippen LogP contribution in [0.2, 0.25) is 0 Å². The lowest BCUT2D eigenvalue weighted by Crippen LogP contribution is -2.50. The van der Waals surface area contributed by atoms with Crippen LogP contribution in [-0.2, 0) is 21.5 Å². The highest BCUT2D eigenvalue weighted by Gasteiger charge is 2.36. The van der Waals surface area contributed by atoms with Gasteiger partial charge in [0.05, 0.1) is 6.42 Å². The van der Waals surface area contributed by atoms with Crippen molar-refractivity contribution >= 4 is 11.9 Å². The minimum absolute atomic E-state index is 0.0809. The van der Waals surface area contributed by atoms with Crippen LogP contribution in [0.15, 0.2) is 42.5 Å². The minimum Gasteiger partial charge on any atom is -0.479 e. The Morgan fingerprint density at radius 1 is 1.12 bits per heavy atom. The highest BCUT2D eigenvalue weighted by Crippen LogP contribution is 2.22. The molecule has 0 saturated heterocycles. The number of carbonyl (C=O) groups is 2. The summed E-state index contributed by atoms with van der Waals surface area (Å²) >= 11 is 0. The van der Waals surface area contributed by atoms with Gasteiger partial charge in [-0.25, -0.2) is 9.18 Å². The monoisotopic (exact) mass is 329 g/mol. The van der Waals surface area contributed by atoms with Gasteiger partial charge in [0.1, 0.15) is 5.82 Å². The summed E-state index contributed by atoms with van der Waals surface area (Å²) in [5.74, 6) is -2.07. The molecule has 126 valence electrons. The maximum atomic E-state index is 13.1. The largest absolute Gasteiger partial charge is 0.479 e. The van der Waals surface area contributed by atoms with E-state index in [1.54, 1.807) is 0 Å². The molecule has 0 radical (unpaired) electrons. The molecule has 24 heavy (non-hydrogen) atoms. The number of hydrogen-bond donors (Lipinski definition) is 2. The van der Waals surface area contributed by atoms with E-state index in [1.165, 1.54) is 31.2 Å². The molecule has 2 N–H and O–H groups in total. The maximum Gasteiger partial charge on any atom is 0.333 e. The average Bonchev–Trinajstić information content (AvgIpc) is 2.51. The molecule has 0 fully saturated rings. The van der Waals surface area contributed by atoms with Gasteiger partial charge in [-0.1, -0.05) is 35.9 Å². The molecule has 0 heterocycles. The molecule has 5 heteroatoms. The molecular formula is C19H20FNO3. The third-order valence-corrected chi connectivity index (χ3v) is 4.09. The average molecular weight is 329 g/mol. The Bertz CT molecular complexity index is 771. The molecule has 1 unspecified atom stereocenters. The predicted octanol–water partition coefficient (Wildman–Crippen LogP) is 3.10. The van der Waals surface area contributed by atoms with Crippen LogP contribution >= 0.6 is 0 Å². The van der Waals surface area contributed by atoms with E-state index in [9.17, 15) is 19.1 Å². The summed E-state index contributed by atoms with van der Waals surface area (Å²) in [6.07, 6.45) is 0.0809. The normalized spacial score (nSPS) is 13.2. The van der Waals surface area contributed by atoms with Crippen molar-refractivity contribution in [3.8, 4) is 0 Å². The van der Waals surface area contributed by atoms with Crippen molar-refractivity contribution in [1.29, 1.82) is 0 Å². The van der Waals surface area contributed by atoms with E-state index in [2.05, 4.69) is 5.32 Å². The molecule has 0 aliphatic heterocycles. The van der Waals surface area contributed by atoms with Gasteiger partial charge < -0.3 is 10.4 Å². The van der Waals surface area contributed by atoms with Crippen molar-refractivity contribution in [2.24, 2.45) is 0 Å². The van der Waals surface area contributed by atoms with Gasteiger partial charge in [0, 0.05) is 0 Å². The highest BCUT2D eigenvalue weighted by molar-refractivity contribution is 5.88. The lowest BCUT2D eigenvalue weighted by molar-refractivity contribution is -0.147. The zero-order valence-electron chi connectivity index (χ0n) is 13.9. The Balaban J connectivity index is 2.24. The van der Waals surface area contributed by atoms with Crippen molar-refractivity contribution < 1.29 is 19.1 Å². The van der Waals surface area contributed by atoms with Gasteiger partial charge in [-0.15, -0.1) is 0 Å². The van der Waals surface area contributed by atoms with E-state index in [4.69, 9.17) is 0 Å². The smallest absolute Gasteiger partial charge is 0.333 e. The fraction of sp³-hybridized carbons (Fsp3) is 0.263. The van der Waals surface area contributed by atoms with Gasteiger partial charge in [0.2, 0.25) is 5.91 Å². The zero-order valence-corrected chi connectivity index (χ0v) is 13.9. The van der Waals surface area contributed by atoms with E-state index < -0.39 is 23.2 Å². The number of aryl methyl sites for hydroxylation is 2. The van der Waals surface area contributed by atoms with Gasteiger partial charge >= 0.3 is 5.97 Å². The van der Waals surface area contributed by atoms with Crippen LogP contribution in [0.25, 0.3) is 0 Å². The molecule has 0 aliphatic carbocycles. The molecule has 2 rings (SSSR count). The van der Waals surface area contributed by atoms with Crippen molar-refractivity contribution in [3.05, 3.63) is 70.5 Å². The van der Waals surface area contributed by atoms with Crippen LogP contribution in [0, 0.1) is 19.7 Å². The zero-order chi connectivity index (χ0) is 17.9. The Kier molecular flexibility index (Phi) is 5.02. The third kappa shape index (κ3) is 3.79. The van der Waals surface area contributed by atoms with Crippen molar-refractivity contribution in [2.45, 2.75) is 32.7 Å². The molecular weight excluding hydrogens is 309 g/mol. The summed E-state index contributed by atoms with van der Waals surface area (Å²) in [5.41, 5.74) is 1.53. The lowest BCUT2D eigenvalue weighted by Gasteiger charge is -2.27. The van der Waals surface area contributed by atoms with Gasteiger partial charge in [0.25, 0.3) is 0 Å². The minimum atomic E-state index is -1.62. The number of halogens is 1. The predicted molar refractivity (Wildman–Crippen MR) is 89.2 cm³/mol. The fourth-order valence-electron chi connectivity index (χ4n) is 2.52. The summed E-state index contributed by atoms with van der Waals surface area (Å²) < 4.78 is 13.1. The third-order valence-electron chi connectivity index (χ3n) is 4.09. The Morgan fingerprint density at radius 2 is 1.75 bits per heavy atom. The van der Waals surface area contributed by atoms with E-state index in [0.717, 1.165) is 16.7 Å². The first-order valence-corrected chi connectivity index (χ1v) is 7.59. The topological polar surface area (TPSA) is 66.4 Å². The number of hydrogen-bond acceptors (Lipinski definition) is 2. The summed E-state index contributed by atoms with van der Waals surface area (Å²) in [7, 11) is 0. The van der Waals surface area contributed by atoms with Crippen LogP contribution in [0.1, 0.15) is 29.2 Å². The van der Waals surface area contributed by atoms with Crippen molar-refractivity contribution in [3.63, 3.8) is 0 Å². The second-order valence-electron chi connectivity index (χ2n) is 6.09. The number of amides is 1. The number of aliphatic carboxylic acids is 1. The molecule has 2 aromatic rings. The van der Waals surface area contributed by atoms with Gasteiger partial charge in [0.15, 0.2) is 5.54 Å². The van der Waals surface area contributed by atoms with Gasteiger partial charge in [-0.2, -0.15) is 0 Å². The van der Waals surface area contributed by atoms with Gasteiger partial charge in [-0.05, 0) is 49.6 Å². The molecule has 0 spiro atoms. The molecule has 4 nitrogen and oxygen atoms in total. The fourth-order valence-corrected chi connectivity index (χ4v) is 2.52. The van der Waals surface area contributed by atoms with E-state index in [1.807, 2.05) is 32.0 Å². The van der Waals surface area contributed by atoms with E-state index in [-0.39, 0.29) is 6.42 Å². The summed E-state index contributed by atoms with van der Waals surface area (Å²) in [6.45, 7) is 5.22. The molecule has 0 bridgehead atoms. The first kappa shape index (κ1) is 17.7. The van der Waals surface area contributed by atoms with Crippen molar-refractivity contribution in [1.82, 2.24) is 5.32 Å². The number of benzene rings is 2. The molecule has 0 aromatic heterocycles. The summed E-state index contributed by atoms with van der Waals surface area (Å²) in [4.78, 5) is 24.1. The summed E-state index contributed by atoms with van der Waals surface area (Å²) in [6, 6.07) is 10.9. The molecule has 0 aliphatic rings.